The Bertz CT molecular complexity index is 807. The van der Waals surface area contributed by atoms with Gasteiger partial charge >= 0.3 is 5.69 Å². The molecule has 1 atom stereocenters. The highest BCUT2D eigenvalue weighted by Crippen LogP contribution is 2.30. The van der Waals surface area contributed by atoms with Crippen molar-refractivity contribution in [2.75, 3.05) is 13.1 Å². The van der Waals surface area contributed by atoms with Gasteiger partial charge in [-0.3, -0.25) is 14.6 Å². The van der Waals surface area contributed by atoms with Gasteiger partial charge in [0.15, 0.2) is 0 Å². The number of carbonyl (C=O) groups excluding carboxylic acids is 1. The summed E-state index contributed by atoms with van der Waals surface area (Å²) in [7, 11) is 0. The fourth-order valence-corrected chi connectivity index (χ4v) is 3.56. The first-order valence-corrected chi connectivity index (χ1v) is 7.90. The summed E-state index contributed by atoms with van der Waals surface area (Å²) < 4.78 is 0. The van der Waals surface area contributed by atoms with Gasteiger partial charge in [-0.1, -0.05) is 0 Å². The molecule has 0 aliphatic carbocycles. The lowest BCUT2D eigenvalue weighted by molar-refractivity contribution is 0.0704. The number of aryl methyl sites for hydroxylation is 1. The van der Waals surface area contributed by atoms with Crippen LogP contribution in [0.2, 0.25) is 0 Å². The van der Waals surface area contributed by atoms with Gasteiger partial charge in [0.25, 0.3) is 11.5 Å². The highest BCUT2D eigenvalue weighted by Gasteiger charge is 2.28. The first-order valence-electron chi connectivity index (χ1n) is 7.08. The van der Waals surface area contributed by atoms with Crippen molar-refractivity contribution in [1.82, 2.24) is 19.9 Å². The van der Waals surface area contributed by atoms with Crippen molar-refractivity contribution in [3.05, 3.63) is 48.7 Å². The zero-order valence-electron chi connectivity index (χ0n) is 12.1. The number of rotatable bonds is 2. The van der Waals surface area contributed by atoms with E-state index >= 15 is 0 Å². The van der Waals surface area contributed by atoms with Crippen molar-refractivity contribution in [1.29, 1.82) is 0 Å². The molecular formula is C14H16N4O3S. The number of piperidine rings is 1. The van der Waals surface area contributed by atoms with E-state index in [0.29, 0.717) is 13.1 Å². The van der Waals surface area contributed by atoms with Gasteiger partial charge in [-0.2, -0.15) is 0 Å². The van der Waals surface area contributed by atoms with Crippen molar-refractivity contribution in [3.8, 4) is 0 Å². The third kappa shape index (κ3) is 2.87. The maximum atomic E-state index is 12.5. The first-order chi connectivity index (χ1) is 10.5. The zero-order chi connectivity index (χ0) is 15.7. The van der Waals surface area contributed by atoms with Crippen LogP contribution < -0.4 is 11.2 Å². The number of hydrogen-bond donors (Lipinski definition) is 2. The quantitative estimate of drug-likeness (QED) is 0.857. The summed E-state index contributed by atoms with van der Waals surface area (Å²) in [6.07, 6.45) is 4.88. The van der Waals surface area contributed by atoms with Gasteiger partial charge in [-0.25, -0.2) is 9.78 Å². The van der Waals surface area contributed by atoms with Crippen molar-refractivity contribution in [2.45, 2.75) is 25.7 Å². The highest BCUT2D eigenvalue weighted by molar-refractivity contribution is 7.11. The van der Waals surface area contributed by atoms with Gasteiger partial charge in [-0.15, -0.1) is 11.3 Å². The Morgan fingerprint density at radius 1 is 1.45 bits per heavy atom. The minimum atomic E-state index is -0.652. The van der Waals surface area contributed by atoms with Gasteiger partial charge in [0.05, 0.1) is 5.01 Å². The number of thiazole rings is 1. The molecule has 2 N–H and O–H groups in total. The van der Waals surface area contributed by atoms with E-state index in [1.165, 1.54) is 6.20 Å². The average Bonchev–Trinajstić information content (AvgIpc) is 2.93. The number of aromatic amines is 2. The van der Waals surface area contributed by atoms with Gasteiger partial charge in [-0.05, 0) is 19.8 Å². The number of amides is 1. The van der Waals surface area contributed by atoms with E-state index in [9.17, 15) is 14.4 Å². The number of hydrogen-bond acceptors (Lipinski definition) is 5. The number of nitrogens with zero attached hydrogens (tertiary/aromatic N) is 2. The third-order valence-electron chi connectivity index (χ3n) is 3.75. The number of H-pyrrole nitrogens is 2. The van der Waals surface area contributed by atoms with E-state index in [1.54, 1.807) is 16.2 Å². The summed E-state index contributed by atoms with van der Waals surface area (Å²) in [5.74, 6) is -0.145. The van der Waals surface area contributed by atoms with Gasteiger partial charge in [0, 0.05) is 36.3 Å². The third-order valence-corrected chi connectivity index (χ3v) is 4.82. The average molecular weight is 320 g/mol. The molecule has 7 nitrogen and oxygen atoms in total. The molecule has 0 unspecified atom stereocenters. The topological polar surface area (TPSA) is 98.9 Å². The molecule has 0 bridgehead atoms. The van der Waals surface area contributed by atoms with Crippen LogP contribution >= 0.6 is 11.3 Å². The minimum absolute atomic E-state index is 0.0319. The number of carbonyl (C=O) groups is 1. The molecule has 116 valence electrons. The molecule has 2 aromatic rings. The summed E-state index contributed by atoms with van der Waals surface area (Å²) in [5.41, 5.74) is -1.30. The second kappa shape index (κ2) is 5.88. The van der Waals surface area contributed by atoms with Crippen LogP contribution in [0.5, 0.6) is 0 Å². The predicted molar refractivity (Wildman–Crippen MR) is 82.4 cm³/mol. The van der Waals surface area contributed by atoms with Crippen LogP contribution in [0.4, 0.5) is 0 Å². The summed E-state index contributed by atoms with van der Waals surface area (Å²) in [5, 5.41) is 1.03. The molecule has 1 fully saturated rings. The Hall–Kier alpha value is -2.22. The molecule has 0 aromatic carbocycles. The van der Waals surface area contributed by atoms with E-state index in [4.69, 9.17) is 0 Å². The number of nitrogens with one attached hydrogen (secondary N) is 2. The van der Waals surface area contributed by atoms with E-state index in [1.807, 2.05) is 13.1 Å². The Balaban J connectivity index is 1.81. The Morgan fingerprint density at radius 3 is 2.95 bits per heavy atom. The molecule has 0 spiro atoms. The van der Waals surface area contributed by atoms with Crippen molar-refractivity contribution in [2.24, 2.45) is 0 Å². The molecule has 0 saturated carbocycles. The van der Waals surface area contributed by atoms with Crippen molar-refractivity contribution in [3.63, 3.8) is 0 Å². The van der Waals surface area contributed by atoms with Crippen LogP contribution in [0.1, 0.15) is 39.0 Å². The second-order valence-electron chi connectivity index (χ2n) is 5.39. The van der Waals surface area contributed by atoms with Crippen LogP contribution in [-0.4, -0.2) is 38.8 Å². The summed E-state index contributed by atoms with van der Waals surface area (Å²) in [6, 6.07) is 0. The van der Waals surface area contributed by atoms with E-state index in [2.05, 4.69) is 15.0 Å². The number of likely N-dealkylation sites (tertiary alicyclic amines) is 1. The molecule has 3 rings (SSSR count). The Labute approximate surface area is 130 Å². The molecular weight excluding hydrogens is 304 g/mol. The Morgan fingerprint density at radius 2 is 2.27 bits per heavy atom. The predicted octanol–water partition coefficient (Wildman–Crippen LogP) is 0.848. The summed E-state index contributed by atoms with van der Waals surface area (Å²) in [4.78, 5) is 46.9. The molecule has 0 radical (unpaired) electrons. The smallest absolute Gasteiger partial charge is 0.325 e. The maximum absolute atomic E-state index is 12.5. The molecule has 2 aromatic heterocycles. The SMILES string of the molecule is Cc1cnc([C@@H]2CCCN(C(=O)c3c[nH]c(=O)[nH]c3=O)C2)s1. The number of aromatic nitrogens is 3. The minimum Gasteiger partial charge on any atom is -0.338 e. The van der Waals surface area contributed by atoms with E-state index in [0.717, 1.165) is 22.7 Å². The molecule has 1 saturated heterocycles. The molecule has 3 heterocycles. The van der Waals surface area contributed by atoms with Crippen LogP contribution in [0.3, 0.4) is 0 Å². The van der Waals surface area contributed by atoms with Crippen molar-refractivity contribution >= 4 is 17.2 Å². The van der Waals surface area contributed by atoms with E-state index < -0.39 is 11.2 Å². The van der Waals surface area contributed by atoms with Crippen LogP contribution in [0, 0.1) is 6.92 Å². The fraction of sp³-hybridized carbons (Fsp3) is 0.429. The standard InChI is InChI=1S/C14H16N4O3S/c1-8-5-15-12(22-8)9-3-2-4-18(7-9)13(20)10-6-16-14(21)17-11(10)19/h5-6,9H,2-4,7H2,1H3,(H2,16,17,19,21)/t9-/m1/s1. The summed E-state index contributed by atoms with van der Waals surface area (Å²) >= 11 is 1.64. The van der Waals surface area contributed by atoms with Gasteiger partial charge < -0.3 is 9.88 Å². The van der Waals surface area contributed by atoms with Gasteiger partial charge in [0.2, 0.25) is 0 Å². The second-order valence-corrected chi connectivity index (χ2v) is 6.65. The highest BCUT2D eigenvalue weighted by atomic mass is 32.1. The molecule has 1 aliphatic heterocycles. The monoisotopic (exact) mass is 320 g/mol. The molecule has 8 heteroatoms. The fourth-order valence-electron chi connectivity index (χ4n) is 2.66. The molecule has 1 amide bonds. The summed E-state index contributed by atoms with van der Waals surface area (Å²) in [6.45, 7) is 3.16. The maximum Gasteiger partial charge on any atom is 0.325 e. The normalized spacial score (nSPS) is 18.4. The van der Waals surface area contributed by atoms with Crippen LogP contribution in [-0.2, 0) is 0 Å². The van der Waals surface area contributed by atoms with Crippen LogP contribution in [0.25, 0.3) is 0 Å². The first kappa shape index (κ1) is 14.7. The lowest BCUT2D eigenvalue weighted by Gasteiger charge is -2.31. The molecule has 1 aliphatic rings. The van der Waals surface area contributed by atoms with Gasteiger partial charge in [0.1, 0.15) is 5.56 Å². The van der Waals surface area contributed by atoms with Crippen LogP contribution in [0.15, 0.2) is 22.0 Å². The largest absolute Gasteiger partial charge is 0.338 e. The lowest BCUT2D eigenvalue weighted by Crippen LogP contribution is -2.42. The van der Waals surface area contributed by atoms with E-state index in [-0.39, 0.29) is 17.4 Å². The Kier molecular flexibility index (Phi) is 3.93. The lowest BCUT2D eigenvalue weighted by atomic mass is 9.98. The zero-order valence-corrected chi connectivity index (χ0v) is 12.9. The van der Waals surface area contributed by atoms with Crippen molar-refractivity contribution < 1.29 is 4.79 Å². The molecule has 22 heavy (non-hydrogen) atoms.